The van der Waals surface area contributed by atoms with Crippen molar-refractivity contribution in [1.82, 2.24) is 0 Å². The molecule has 2 N–H and O–H groups in total. The van der Waals surface area contributed by atoms with Gasteiger partial charge in [-0.05, 0) is 40.2 Å². The molecule has 1 aliphatic rings. The van der Waals surface area contributed by atoms with Gasteiger partial charge in [-0.2, -0.15) is 0 Å². The van der Waals surface area contributed by atoms with E-state index in [2.05, 4.69) is 31.3 Å². The molecule has 0 saturated carbocycles. The minimum atomic E-state index is -4.84. The first-order valence-electron chi connectivity index (χ1n) is 6.20. The Morgan fingerprint density at radius 2 is 1.74 bits per heavy atom. The number of carbonyl (C=O) groups is 1. The zero-order chi connectivity index (χ0) is 16.8. The lowest BCUT2D eigenvalue weighted by molar-refractivity contribution is -0.274. The summed E-state index contributed by atoms with van der Waals surface area (Å²) >= 11 is 8.93. The van der Waals surface area contributed by atoms with E-state index in [4.69, 9.17) is 11.6 Å². The Balaban J connectivity index is 2.06. The predicted octanol–water partition coefficient (Wildman–Crippen LogP) is 5.31. The topological polar surface area (TPSA) is 50.4 Å². The number of ether oxygens (including phenoxy) is 1. The van der Waals surface area contributed by atoms with Gasteiger partial charge in [0.05, 0.1) is 27.1 Å². The van der Waals surface area contributed by atoms with Crippen molar-refractivity contribution in [3.8, 4) is 5.75 Å². The molecular formula is C14H7BrClF3N2O2. The van der Waals surface area contributed by atoms with E-state index < -0.39 is 18.0 Å². The molecule has 1 amide bonds. The van der Waals surface area contributed by atoms with E-state index in [1.165, 1.54) is 12.1 Å². The van der Waals surface area contributed by atoms with Crippen LogP contribution in [-0.2, 0) is 0 Å². The molecular weight excluding hydrogens is 401 g/mol. The number of fused-ring (bicyclic) bond motifs is 2. The maximum absolute atomic E-state index is 12.4. The van der Waals surface area contributed by atoms with E-state index in [0.29, 0.717) is 22.0 Å². The Morgan fingerprint density at radius 1 is 1.04 bits per heavy atom. The molecule has 0 atom stereocenters. The average Bonchev–Trinajstić information content (AvgIpc) is 2.53. The molecule has 0 spiro atoms. The van der Waals surface area contributed by atoms with Crippen LogP contribution in [0.25, 0.3) is 0 Å². The fourth-order valence-electron chi connectivity index (χ4n) is 2.12. The third kappa shape index (κ3) is 3.37. The van der Waals surface area contributed by atoms with Crippen LogP contribution in [0.5, 0.6) is 5.75 Å². The van der Waals surface area contributed by atoms with Crippen LogP contribution in [0.2, 0.25) is 5.02 Å². The second-order valence-corrected chi connectivity index (χ2v) is 5.94. The number of anilines is 3. The van der Waals surface area contributed by atoms with Gasteiger partial charge in [-0.15, -0.1) is 13.2 Å². The maximum Gasteiger partial charge on any atom is 0.573 e. The molecule has 1 aliphatic heterocycles. The smallest absolute Gasteiger partial charge is 0.405 e. The van der Waals surface area contributed by atoms with Crippen LogP contribution >= 0.6 is 27.5 Å². The van der Waals surface area contributed by atoms with Crippen molar-refractivity contribution in [1.29, 1.82) is 0 Å². The lowest BCUT2D eigenvalue weighted by Crippen LogP contribution is -2.18. The molecule has 2 aromatic carbocycles. The highest BCUT2D eigenvalue weighted by Gasteiger charge is 2.33. The summed E-state index contributed by atoms with van der Waals surface area (Å²) in [6, 6.07) is 7.09. The van der Waals surface area contributed by atoms with Crippen LogP contribution in [0.15, 0.2) is 34.8 Å². The molecule has 0 radical (unpaired) electrons. The first-order valence-corrected chi connectivity index (χ1v) is 7.37. The fraction of sp³-hybridized carbons (Fsp3) is 0.0714. The minimum absolute atomic E-state index is 0.0841. The quantitative estimate of drug-likeness (QED) is 0.673. The normalized spacial score (nSPS) is 13.3. The summed E-state index contributed by atoms with van der Waals surface area (Å²) in [4.78, 5) is 12.2. The van der Waals surface area contributed by atoms with Crippen LogP contribution in [0.3, 0.4) is 0 Å². The number of amides is 1. The highest BCUT2D eigenvalue weighted by molar-refractivity contribution is 9.10. The van der Waals surface area contributed by atoms with Crippen molar-refractivity contribution < 1.29 is 22.7 Å². The second kappa shape index (κ2) is 5.61. The van der Waals surface area contributed by atoms with E-state index >= 15 is 0 Å². The predicted molar refractivity (Wildman–Crippen MR) is 83.5 cm³/mol. The molecule has 1 heterocycles. The standard InChI is InChI=1S/C14H7BrClF3N2O2/c15-8-4-10-11(5-12(8)23-14(17,18)19)21-13(22)7-2-1-6(16)3-9(7)20-10/h1-5,20H,(H,21,22). The lowest BCUT2D eigenvalue weighted by atomic mass is 10.1. The number of carbonyl (C=O) groups excluding carboxylic acids is 1. The Morgan fingerprint density at radius 3 is 2.43 bits per heavy atom. The highest BCUT2D eigenvalue weighted by atomic mass is 79.9. The zero-order valence-corrected chi connectivity index (χ0v) is 13.4. The van der Waals surface area contributed by atoms with Gasteiger partial charge in [0.25, 0.3) is 5.91 Å². The number of benzene rings is 2. The Hall–Kier alpha value is -1.93. The zero-order valence-electron chi connectivity index (χ0n) is 11.1. The minimum Gasteiger partial charge on any atom is -0.405 e. The van der Waals surface area contributed by atoms with Crippen LogP contribution in [0.1, 0.15) is 10.4 Å². The SMILES string of the molecule is O=C1Nc2cc(OC(F)(F)F)c(Br)cc2Nc2cc(Cl)ccc21. The summed E-state index contributed by atoms with van der Waals surface area (Å²) in [5.41, 5.74) is 1.33. The van der Waals surface area contributed by atoms with Crippen molar-refractivity contribution in [3.05, 3.63) is 45.4 Å². The van der Waals surface area contributed by atoms with Gasteiger partial charge in [-0.1, -0.05) is 11.6 Å². The third-order valence-corrected chi connectivity index (χ3v) is 3.90. The average molecular weight is 408 g/mol. The highest BCUT2D eigenvalue weighted by Crippen LogP contribution is 2.41. The Kier molecular flexibility index (Phi) is 3.89. The summed E-state index contributed by atoms with van der Waals surface area (Å²) in [5, 5.41) is 5.93. The van der Waals surface area contributed by atoms with Crippen molar-refractivity contribution in [2.45, 2.75) is 6.36 Å². The molecule has 0 fully saturated rings. The monoisotopic (exact) mass is 406 g/mol. The fourth-order valence-corrected chi connectivity index (χ4v) is 2.71. The number of halogens is 5. The van der Waals surface area contributed by atoms with E-state index in [1.54, 1.807) is 12.1 Å². The molecule has 0 saturated heterocycles. The van der Waals surface area contributed by atoms with E-state index in [0.717, 1.165) is 6.07 Å². The van der Waals surface area contributed by atoms with Gasteiger partial charge < -0.3 is 15.4 Å². The summed E-state index contributed by atoms with van der Waals surface area (Å²) in [7, 11) is 0. The first kappa shape index (κ1) is 15.9. The van der Waals surface area contributed by atoms with Crippen molar-refractivity contribution in [2.24, 2.45) is 0 Å². The molecule has 0 aromatic heterocycles. The van der Waals surface area contributed by atoms with E-state index in [1.807, 2.05) is 0 Å². The van der Waals surface area contributed by atoms with Crippen molar-refractivity contribution in [2.75, 3.05) is 10.6 Å². The van der Waals surface area contributed by atoms with Crippen molar-refractivity contribution in [3.63, 3.8) is 0 Å². The summed E-state index contributed by atoms with van der Waals surface area (Å²) in [6.45, 7) is 0. The van der Waals surface area contributed by atoms with Gasteiger partial charge >= 0.3 is 6.36 Å². The molecule has 3 rings (SSSR count). The Labute approximate surface area is 141 Å². The summed E-state index contributed by atoms with van der Waals surface area (Å²) in [6.07, 6.45) is -4.84. The molecule has 9 heteroatoms. The lowest BCUT2D eigenvalue weighted by Gasteiger charge is -2.15. The van der Waals surface area contributed by atoms with Gasteiger partial charge in [-0.3, -0.25) is 4.79 Å². The van der Waals surface area contributed by atoms with E-state index in [9.17, 15) is 18.0 Å². The molecule has 0 aliphatic carbocycles. The molecule has 120 valence electrons. The van der Waals surface area contributed by atoms with Crippen LogP contribution in [0.4, 0.5) is 30.2 Å². The van der Waals surface area contributed by atoms with Gasteiger partial charge in [0.15, 0.2) is 0 Å². The molecule has 4 nitrogen and oxygen atoms in total. The maximum atomic E-state index is 12.4. The van der Waals surface area contributed by atoms with Gasteiger partial charge in [0.1, 0.15) is 5.75 Å². The summed E-state index contributed by atoms with van der Waals surface area (Å²) < 4.78 is 41.2. The number of hydrogen-bond donors (Lipinski definition) is 2. The largest absolute Gasteiger partial charge is 0.573 e. The number of nitrogens with one attached hydrogen (secondary N) is 2. The van der Waals surface area contributed by atoms with Gasteiger partial charge in [-0.25, -0.2) is 0 Å². The molecule has 0 unspecified atom stereocenters. The van der Waals surface area contributed by atoms with Crippen LogP contribution in [-0.4, -0.2) is 12.3 Å². The van der Waals surface area contributed by atoms with Crippen molar-refractivity contribution >= 4 is 50.5 Å². The summed E-state index contributed by atoms with van der Waals surface area (Å²) in [5.74, 6) is -0.925. The van der Waals surface area contributed by atoms with E-state index in [-0.39, 0.29) is 10.2 Å². The van der Waals surface area contributed by atoms with Gasteiger partial charge in [0, 0.05) is 11.1 Å². The van der Waals surface area contributed by atoms with Crippen LogP contribution in [0, 0.1) is 0 Å². The molecule has 23 heavy (non-hydrogen) atoms. The second-order valence-electron chi connectivity index (χ2n) is 4.65. The molecule has 0 bridgehead atoms. The number of rotatable bonds is 1. The van der Waals surface area contributed by atoms with Gasteiger partial charge in [0.2, 0.25) is 0 Å². The third-order valence-electron chi connectivity index (χ3n) is 3.04. The molecule has 2 aromatic rings. The Bertz CT molecular complexity index is 811. The number of hydrogen-bond acceptors (Lipinski definition) is 3. The number of alkyl halides is 3. The first-order chi connectivity index (χ1) is 10.7. The van der Waals surface area contributed by atoms with Crippen LogP contribution < -0.4 is 15.4 Å².